The van der Waals surface area contributed by atoms with Crippen LogP contribution >= 0.6 is 0 Å². The second-order valence-corrected chi connectivity index (χ2v) is 8.95. The Morgan fingerprint density at radius 2 is 1.92 bits per heavy atom. The molecule has 2 aliphatic rings. The van der Waals surface area contributed by atoms with Crippen molar-refractivity contribution in [1.82, 2.24) is 14.9 Å². The van der Waals surface area contributed by atoms with Gasteiger partial charge in [-0.15, -0.1) is 0 Å². The highest BCUT2D eigenvalue weighted by molar-refractivity contribution is 7.89. The third-order valence-electron chi connectivity index (χ3n) is 5.00. The number of nitrogens with one attached hydrogen (secondary N) is 2. The predicted molar refractivity (Wildman–Crippen MR) is 96.5 cm³/mol. The SMILES string of the molecule is CCNC(=NCC1CCCC1O)NC1CCN(S(=O)(=O)CC)CC1. The zero-order valence-corrected chi connectivity index (χ0v) is 15.7. The highest BCUT2D eigenvalue weighted by atomic mass is 32.2. The molecule has 8 heteroatoms. The predicted octanol–water partition coefficient (Wildman–Crippen LogP) is 0.517. The highest BCUT2D eigenvalue weighted by Gasteiger charge is 2.28. The Morgan fingerprint density at radius 3 is 2.46 bits per heavy atom. The molecule has 2 fully saturated rings. The van der Waals surface area contributed by atoms with Crippen LogP contribution in [0.15, 0.2) is 4.99 Å². The van der Waals surface area contributed by atoms with Gasteiger partial charge >= 0.3 is 0 Å². The molecular weight excluding hydrogens is 328 g/mol. The Balaban J connectivity index is 1.85. The molecule has 3 N–H and O–H groups in total. The molecule has 0 bridgehead atoms. The molecule has 1 heterocycles. The summed E-state index contributed by atoms with van der Waals surface area (Å²) in [6.07, 6.45) is 4.35. The van der Waals surface area contributed by atoms with Crippen LogP contribution in [0.1, 0.15) is 46.0 Å². The maximum atomic E-state index is 11.9. The number of guanidine groups is 1. The lowest BCUT2D eigenvalue weighted by molar-refractivity contribution is 0.136. The van der Waals surface area contributed by atoms with E-state index in [4.69, 9.17) is 0 Å². The minimum Gasteiger partial charge on any atom is -0.393 e. The quantitative estimate of drug-likeness (QED) is 0.474. The van der Waals surface area contributed by atoms with Crippen LogP contribution in [0.3, 0.4) is 0 Å². The zero-order chi connectivity index (χ0) is 17.6. The van der Waals surface area contributed by atoms with Gasteiger partial charge in [0.05, 0.1) is 11.9 Å². The summed E-state index contributed by atoms with van der Waals surface area (Å²) >= 11 is 0. The van der Waals surface area contributed by atoms with Gasteiger partial charge in [-0.05, 0) is 39.5 Å². The average Bonchev–Trinajstić information content (AvgIpc) is 2.98. The summed E-state index contributed by atoms with van der Waals surface area (Å²) in [5, 5.41) is 16.6. The fourth-order valence-electron chi connectivity index (χ4n) is 3.41. The van der Waals surface area contributed by atoms with Crippen molar-refractivity contribution >= 4 is 16.0 Å². The van der Waals surface area contributed by atoms with Crippen molar-refractivity contribution in [2.45, 2.75) is 58.1 Å². The lowest BCUT2D eigenvalue weighted by Crippen LogP contribution is -2.50. The molecule has 0 aromatic heterocycles. The molecule has 24 heavy (non-hydrogen) atoms. The first-order valence-electron chi connectivity index (χ1n) is 9.17. The summed E-state index contributed by atoms with van der Waals surface area (Å²) in [6.45, 7) is 6.26. The first-order valence-corrected chi connectivity index (χ1v) is 10.8. The summed E-state index contributed by atoms with van der Waals surface area (Å²) < 4.78 is 25.4. The van der Waals surface area contributed by atoms with E-state index in [1.165, 1.54) is 0 Å². The smallest absolute Gasteiger partial charge is 0.213 e. The van der Waals surface area contributed by atoms with Crippen LogP contribution in [-0.4, -0.2) is 67.9 Å². The molecule has 1 saturated heterocycles. The zero-order valence-electron chi connectivity index (χ0n) is 14.9. The van der Waals surface area contributed by atoms with E-state index >= 15 is 0 Å². The van der Waals surface area contributed by atoms with Gasteiger partial charge in [0.15, 0.2) is 5.96 Å². The number of hydrogen-bond acceptors (Lipinski definition) is 4. The fraction of sp³-hybridized carbons (Fsp3) is 0.938. The normalized spacial score (nSPS) is 27.4. The second-order valence-electron chi connectivity index (χ2n) is 6.70. The monoisotopic (exact) mass is 360 g/mol. The third kappa shape index (κ3) is 5.32. The van der Waals surface area contributed by atoms with E-state index in [1.807, 2.05) is 6.92 Å². The summed E-state index contributed by atoms with van der Waals surface area (Å²) in [4.78, 5) is 4.63. The van der Waals surface area contributed by atoms with Crippen LogP contribution in [0.2, 0.25) is 0 Å². The molecule has 0 amide bonds. The van der Waals surface area contributed by atoms with E-state index in [2.05, 4.69) is 15.6 Å². The van der Waals surface area contributed by atoms with Gasteiger partial charge in [-0.1, -0.05) is 6.42 Å². The van der Waals surface area contributed by atoms with Crippen LogP contribution in [0.5, 0.6) is 0 Å². The van der Waals surface area contributed by atoms with Crippen LogP contribution in [0, 0.1) is 5.92 Å². The van der Waals surface area contributed by atoms with E-state index in [9.17, 15) is 13.5 Å². The third-order valence-corrected chi connectivity index (χ3v) is 6.88. The molecule has 2 rings (SSSR count). The molecule has 1 aliphatic heterocycles. The van der Waals surface area contributed by atoms with Gasteiger partial charge in [0.1, 0.15) is 0 Å². The number of hydrogen-bond donors (Lipinski definition) is 3. The average molecular weight is 361 g/mol. The van der Waals surface area contributed by atoms with Gasteiger partial charge in [-0.3, -0.25) is 4.99 Å². The minimum atomic E-state index is -3.08. The largest absolute Gasteiger partial charge is 0.393 e. The number of piperidine rings is 1. The van der Waals surface area contributed by atoms with Crippen molar-refractivity contribution in [2.24, 2.45) is 10.9 Å². The van der Waals surface area contributed by atoms with E-state index < -0.39 is 10.0 Å². The molecule has 140 valence electrons. The van der Waals surface area contributed by atoms with Crippen LogP contribution in [0.25, 0.3) is 0 Å². The molecular formula is C16H32N4O3S. The Bertz CT molecular complexity index is 515. The lowest BCUT2D eigenvalue weighted by atomic mass is 10.1. The first kappa shape index (κ1) is 19.5. The van der Waals surface area contributed by atoms with Crippen molar-refractivity contribution in [2.75, 3.05) is 31.9 Å². The molecule has 0 radical (unpaired) electrons. The topological polar surface area (TPSA) is 94.0 Å². The summed E-state index contributed by atoms with van der Waals surface area (Å²) in [5.74, 6) is 1.20. The van der Waals surface area contributed by atoms with E-state index in [0.717, 1.165) is 44.6 Å². The summed E-state index contributed by atoms with van der Waals surface area (Å²) in [7, 11) is -3.08. The summed E-state index contributed by atoms with van der Waals surface area (Å²) in [5.41, 5.74) is 0. The Labute approximate surface area is 146 Å². The number of aliphatic imine (C=N–C) groups is 1. The summed E-state index contributed by atoms with van der Waals surface area (Å²) in [6, 6.07) is 0.236. The second kappa shape index (κ2) is 9.01. The van der Waals surface area contributed by atoms with Crippen molar-refractivity contribution in [3.05, 3.63) is 0 Å². The maximum Gasteiger partial charge on any atom is 0.213 e. The standard InChI is InChI=1S/C16H32N4O3S/c1-3-17-16(18-12-13-6-5-7-15(13)21)19-14-8-10-20(11-9-14)24(22,23)4-2/h13-15,21H,3-12H2,1-2H3,(H2,17,18,19). The number of aliphatic hydroxyl groups is 1. The van der Waals surface area contributed by atoms with Crippen molar-refractivity contribution in [3.8, 4) is 0 Å². The molecule has 0 aromatic rings. The molecule has 2 atom stereocenters. The fourth-order valence-corrected chi connectivity index (χ4v) is 4.55. The molecule has 1 saturated carbocycles. The van der Waals surface area contributed by atoms with Gasteiger partial charge in [0, 0.05) is 38.1 Å². The number of nitrogens with zero attached hydrogens (tertiary/aromatic N) is 2. The minimum absolute atomic E-state index is 0.166. The number of aliphatic hydroxyl groups excluding tert-OH is 1. The molecule has 7 nitrogen and oxygen atoms in total. The molecule has 0 spiro atoms. The molecule has 0 aromatic carbocycles. The van der Waals surface area contributed by atoms with Gasteiger partial charge in [-0.2, -0.15) is 0 Å². The van der Waals surface area contributed by atoms with Crippen LogP contribution in [-0.2, 0) is 10.0 Å². The van der Waals surface area contributed by atoms with Gasteiger partial charge in [-0.25, -0.2) is 12.7 Å². The van der Waals surface area contributed by atoms with Gasteiger partial charge in [0.2, 0.25) is 10.0 Å². The van der Waals surface area contributed by atoms with Gasteiger partial charge < -0.3 is 15.7 Å². The van der Waals surface area contributed by atoms with Gasteiger partial charge in [0.25, 0.3) is 0 Å². The van der Waals surface area contributed by atoms with Crippen molar-refractivity contribution < 1.29 is 13.5 Å². The van der Waals surface area contributed by atoms with E-state index in [0.29, 0.717) is 19.6 Å². The lowest BCUT2D eigenvalue weighted by Gasteiger charge is -2.32. The maximum absolute atomic E-state index is 11.9. The first-order chi connectivity index (χ1) is 11.5. The number of rotatable bonds is 6. The number of sulfonamides is 1. The Kier molecular flexibility index (Phi) is 7.31. The van der Waals surface area contributed by atoms with Crippen LogP contribution in [0.4, 0.5) is 0 Å². The van der Waals surface area contributed by atoms with Crippen molar-refractivity contribution in [3.63, 3.8) is 0 Å². The van der Waals surface area contributed by atoms with Crippen molar-refractivity contribution in [1.29, 1.82) is 0 Å². The molecule has 2 unspecified atom stereocenters. The van der Waals surface area contributed by atoms with E-state index in [-0.39, 0.29) is 23.8 Å². The Hall–Kier alpha value is -0.860. The Morgan fingerprint density at radius 1 is 1.21 bits per heavy atom. The van der Waals surface area contributed by atoms with E-state index in [1.54, 1.807) is 11.2 Å². The molecule has 1 aliphatic carbocycles. The highest BCUT2D eigenvalue weighted by Crippen LogP contribution is 2.25. The van der Waals surface area contributed by atoms with Crippen LogP contribution < -0.4 is 10.6 Å².